The molecule has 0 saturated heterocycles. The molecule has 1 heterocycles. The smallest absolute Gasteiger partial charge is 0.238 e. The van der Waals surface area contributed by atoms with E-state index in [1.165, 1.54) is 0 Å². The lowest BCUT2D eigenvalue weighted by Crippen LogP contribution is -2.39. The summed E-state index contributed by atoms with van der Waals surface area (Å²) >= 11 is 0. The highest BCUT2D eigenvalue weighted by molar-refractivity contribution is 6.00. The van der Waals surface area contributed by atoms with Gasteiger partial charge in [-0.1, -0.05) is 17.3 Å². The molecule has 0 bridgehead atoms. The lowest BCUT2D eigenvalue weighted by molar-refractivity contribution is -0.141. The van der Waals surface area contributed by atoms with Crippen molar-refractivity contribution in [2.24, 2.45) is 11.1 Å². The normalized spacial score (nSPS) is 33.2. The second-order valence-corrected chi connectivity index (χ2v) is 3.85. The average Bonchev–Trinajstić information content (AvgIpc) is 2.78. The Labute approximate surface area is 99.7 Å². The van der Waals surface area contributed by atoms with Crippen molar-refractivity contribution in [2.45, 2.75) is 18.8 Å². The van der Waals surface area contributed by atoms with Crippen LogP contribution in [-0.4, -0.2) is 38.6 Å². The van der Waals surface area contributed by atoms with Gasteiger partial charge in [0, 0.05) is 20.6 Å². The van der Waals surface area contributed by atoms with E-state index in [4.69, 9.17) is 14.3 Å². The molecule has 1 aliphatic carbocycles. The highest BCUT2D eigenvalue weighted by Crippen LogP contribution is 2.32. The van der Waals surface area contributed by atoms with E-state index < -0.39 is 6.29 Å². The fourth-order valence-electron chi connectivity index (χ4n) is 2.14. The number of nitrogens with zero attached hydrogens (tertiary/aromatic N) is 1. The number of allylic oxidation sites excluding steroid dienone is 2. The number of ether oxygens (including phenoxy) is 2. The lowest BCUT2D eigenvalue weighted by Gasteiger charge is -2.28. The van der Waals surface area contributed by atoms with E-state index >= 15 is 0 Å². The van der Waals surface area contributed by atoms with E-state index in [0.29, 0.717) is 6.42 Å². The molecule has 2 aliphatic rings. The first-order valence-corrected chi connectivity index (χ1v) is 5.43. The molecule has 1 aliphatic heterocycles. The van der Waals surface area contributed by atoms with Crippen LogP contribution in [0.25, 0.3) is 0 Å². The number of rotatable bonds is 4. The second kappa shape index (κ2) is 5.25. The molecule has 0 spiro atoms. The van der Waals surface area contributed by atoms with Crippen molar-refractivity contribution < 1.29 is 19.1 Å². The first kappa shape index (κ1) is 12.0. The predicted octanol–water partition coefficient (Wildman–Crippen LogP) is 1.06. The maximum Gasteiger partial charge on any atom is 0.238 e. The number of hydrogen-bond donors (Lipinski definition) is 0. The van der Waals surface area contributed by atoms with E-state index in [9.17, 15) is 4.79 Å². The van der Waals surface area contributed by atoms with Crippen LogP contribution < -0.4 is 0 Å². The van der Waals surface area contributed by atoms with Crippen molar-refractivity contribution in [3.05, 3.63) is 23.8 Å². The SMILES string of the molecule is COC1ON=C2C=C/C(=C\CC=O)C(OC)C21. The number of aldehydes is 1. The Morgan fingerprint density at radius 2 is 2.24 bits per heavy atom. The Morgan fingerprint density at radius 3 is 2.88 bits per heavy atom. The summed E-state index contributed by atoms with van der Waals surface area (Å²) < 4.78 is 10.7. The molecule has 0 radical (unpaired) electrons. The van der Waals surface area contributed by atoms with Gasteiger partial charge in [-0.25, -0.2) is 0 Å². The summed E-state index contributed by atoms with van der Waals surface area (Å²) in [6, 6.07) is 0. The highest BCUT2D eigenvalue weighted by Gasteiger charge is 2.42. The molecule has 0 aromatic rings. The van der Waals surface area contributed by atoms with Crippen LogP contribution in [0.15, 0.2) is 29.0 Å². The second-order valence-electron chi connectivity index (χ2n) is 3.85. The Kier molecular flexibility index (Phi) is 3.71. The van der Waals surface area contributed by atoms with Crippen molar-refractivity contribution in [3.8, 4) is 0 Å². The number of fused-ring (bicyclic) bond motifs is 1. The molecule has 0 fully saturated rings. The molecule has 0 saturated carbocycles. The van der Waals surface area contributed by atoms with Gasteiger partial charge in [0.1, 0.15) is 6.29 Å². The molecule has 5 heteroatoms. The summed E-state index contributed by atoms with van der Waals surface area (Å²) in [6.07, 6.45) is 6.22. The van der Waals surface area contributed by atoms with Gasteiger partial charge < -0.3 is 19.1 Å². The summed E-state index contributed by atoms with van der Waals surface area (Å²) in [5, 5.41) is 3.95. The highest BCUT2D eigenvalue weighted by atomic mass is 16.8. The molecule has 0 aromatic heterocycles. The molecule has 0 amide bonds. The summed E-state index contributed by atoms with van der Waals surface area (Å²) in [7, 11) is 3.20. The zero-order valence-electron chi connectivity index (χ0n) is 9.83. The molecular formula is C12H15NO4. The lowest BCUT2D eigenvalue weighted by atomic mass is 9.85. The zero-order valence-corrected chi connectivity index (χ0v) is 9.83. The molecule has 3 unspecified atom stereocenters. The third-order valence-corrected chi connectivity index (χ3v) is 2.93. The van der Waals surface area contributed by atoms with Gasteiger partial charge in [-0.2, -0.15) is 0 Å². The van der Waals surface area contributed by atoms with E-state index in [-0.39, 0.29) is 12.0 Å². The number of methoxy groups -OCH3 is 2. The first-order valence-electron chi connectivity index (χ1n) is 5.43. The summed E-state index contributed by atoms with van der Waals surface area (Å²) in [5.41, 5.74) is 1.77. The largest absolute Gasteiger partial charge is 0.376 e. The predicted molar refractivity (Wildman–Crippen MR) is 61.5 cm³/mol. The van der Waals surface area contributed by atoms with Crippen LogP contribution in [0, 0.1) is 5.92 Å². The van der Waals surface area contributed by atoms with Crippen molar-refractivity contribution >= 4 is 12.0 Å². The monoisotopic (exact) mass is 237 g/mol. The molecular weight excluding hydrogens is 222 g/mol. The summed E-state index contributed by atoms with van der Waals surface area (Å²) in [5.74, 6) is -0.0760. The van der Waals surface area contributed by atoms with E-state index in [1.807, 2.05) is 18.2 Å². The summed E-state index contributed by atoms with van der Waals surface area (Å²) in [6.45, 7) is 0. The average molecular weight is 237 g/mol. The Morgan fingerprint density at radius 1 is 1.41 bits per heavy atom. The van der Waals surface area contributed by atoms with Crippen molar-refractivity contribution in [1.29, 1.82) is 0 Å². The van der Waals surface area contributed by atoms with Gasteiger partial charge in [0.25, 0.3) is 0 Å². The number of carbonyl (C=O) groups excluding carboxylic acids is 1. The molecule has 17 heavy (non-hydrogen) atoms. The standard InChI is InChI=1S/C12H15NO4/c1-15-11-8(4-3-7-14)5-6-9-10(11)12(16-2)17-13-9/h4-7,10-12H,3H2,1-2H3/b8-4+. The fraction of sp³-hybridized carbons (Fsp3) is 0.500. The Bertz CT molecular complexity index is 386. The van der Waals surface area contributed by atoms with Crippen LogP contribution >= 0.6 is 0 Å². The van der Waals surface area contributed by atoms with E-state index in [0.717, 1.165) is 17.6 Å². The molecule has 3 atom stereocenters. The molecule has 92 valence electrons. The third kappa shape index (κ3) is 2.16. The van der Waals surface area contributed by atoms with Crippen molar-refractivity contribution in [3.63, 3.8) is 0 Å². The van der Waals surface area contributed by atoms with Gasteiger partial charge in [0.05, 0.1) is 17.7 Å². The van der Waals surface area contributed by atoms with Crippen molar-refractivity contribution in [1.82, 2.24) is 0 Å². The van der Waals surface area contributed by atoms with Gasteiger partial charge in [0.2, 0.25) is 6.29 Å². The number of hydrogen-bond acceptors (Lipinski definition) is 5. The Balaban J connectivity index is 2.27. The van der Waals surface area contributed by atoms with Gasteiger partial charge in [-0.15, -0.1) is 0 Å². The van der Waals surface area contributed by atoms with Gasteiger partial charge in [0.15, 0.2) is 0 Å². The van der Waals surface area contributed by atoms with Crippen LogP contribution in [0.2, 0.25) is 0 Å². The summed E-state index contributed by atoms with van der Waals surface area (Å²) in [4.78, 5) is 15.6. The maximum absolute atomic E-state index is 10.4. The van der Waals surface area contributed by atoms with Gasteiger partial charge in [-0.05, 0) is 11.6 Å². The van der Waals surface area contributed by atoms with Crippen LogP contribution in [0.3, 0.4) is 0 Å². The van der Waals surface area contributed by atoms with Crippen molar-refractivity contribution in [2.75, 3.05) is 14.2 Å². The van der Waals surface area contributed by atoms with E-state index in [2.05, 4.69) is 5.16 Å². The zero-order chi connectivity index (χ0) is 12.3. The first-order chi connectivity index (χ1) is 8.31. The molecule has 5 nitrogen and oxygen atoms in total. The van der Waals surface area contributed by atoms with Crippen LogP contribution in [0.4, 0.5) is 0 Å². The minimum absolute atomic E-state index is 0.0760. The van der Waals surface area contributed by atoms with Gasteiger partial charge >= 0.3 is 0 Å². The quantitative estimate of drug-likeness (QED) is 0.686. The number of oxime groups is 1. The third-order valence-electron chi connectivity index (χ3n) is 2.93. The van der Waals surface area contributed by atoms with Crippen LogP contribution in [0.1, 0.15) is 6.42 Å². The van der Waals surface area contributed by atoms with Crippen LogP contribution in [0.5, 0.6) is 0 Å². The minimum atomic E-state index is -0.431. The topological polar surface area (TPSA) is 57.1 Å². The van der Waals surface area contributed by atoms with E-state index in [1.54, 1.807) is 14.2 Å². The fourth-order valence-corrected chi connectivity index (χ4v) is 2.14. The van der Waals surface area contributed by atoms with Crippen LogP contribution in [-0.2, 0) is 19.1 Å². The number of carbonyl (C=O) groups is 1. The van der Waals surface area contributed by atoms with Gasteiger partial charge in [-0.3, -0.25) is 0 Å². The Hall–Kier alpha value is -1.46. The molecule has 0 N–H and O–H groups in total. The molecule has 2 rings (SSSR count). The maximum atomic E-state index is 10.4. The minimum Gasteiger partial charge on any atom is -0.376 e. The molecule has 0 aromatic carbocycles.